The van der Waals surface area contributed by atoms with Gasteiger partial charge in [-0.1, -0.05) is 18.2 Å². The lowest BCUT2D eigenvalue weighted by molar-refractivity contribution is -0.144. The number of fused-ring (bicyclic) bond motifs is 4. The number of nitriles is 1. The number of methoxy groups -OCH3 is 1. The smallest absolute Gasteiger partial charge is 0.256 e. The molecule has 1 N–H and O–H groups in total. The maximum atomic E-state index is 15.0. The van der Waals surface area contributed by atoms with Crippen LogP contribution in [0.5, 0.6) is 0 Å². The van der Waals surface area contributed by atoms with Crippen LogP contribution in [0.2, 0.25) is 0 Å². The lowest BCUT2D eigenvalue weighted by Crippen LogP contribution is -2.46. The summed E-state index contributed by atoms with van der Waals surface area (Å²) in [5.74, 6) is 1.31. The Morgan fingerprint density at radius 1 is 0.875 bits per heavy atom. The zero-order chi connectivity index (χ0) is 44.0. The third-order valence-electron chi connectivity index (χ3n) is 14.5. The Balaban J connectivity index is 0.905. The summed E-state index contributed by atoms with van der Waals surface area (Å²) in [6, 6.07) is 22.7. The molecule has 334 valence electrons. The number of benzene rings is 2. The Bertz CT molecular complexity index is 2440. The van der Waals surface area contributed by atoms with Crippen LogP contribution in [0, 0.1) is 17.2 Å². The fraction of sp³-hybridized carbons (Fsp3) is 0.500. The van der Waals surface area contributed by atoms with E-state index < -0.39 is 17.7 Å². The molecule has 2 aromatic carbocycles. The molecule has 6 heterocycles. The van der Waals surface area contributed by atoms with Gasteiger partial charge in [-0.3, -0.25) is 14.5 Å². The van der Waals surface area contributed by atoms with Crippen molar-refractivity contribution in [2.24, 2.45) is 5.92 Å². The van der Waals surface area contributed by atoms with E-state index in [9.17, 15) is 14.9 Å². The maximum Gasteiger partial charge on any atom is 0.256 e. The minimum absolute atomic E-state index is 0.123. The average Bonchev–Trinajstić information content (AvgIpc) is 4.19. The molecular formula is C50H58N8O6. The lowest BCUT2D eigenvalue weighted by Gasteiger charge is -2.37. The first-order valence-corrected chi connectivity index (χ1v) is 23.1. The molecule has 4 fully saturated rings. The van der Waals surface area contributed by atoms with Gasteiger partial charge < -0.3 is 39.0 Å². The second-order valence-corrected chi connectivity index (χ2v) is 18.6. The van der Waals surface area contributed by atoms with Crippen molar-refractivity contribution in [3.8, 4) is 6.07 Å². The summed E-state index contributed by atoms with van der Waals surface area (Å²) in [6.07, 6.45) is 9.02. The number of anilines is 7. The lowest BCUT2D eigenvalue weighted by atomic mass is 9.94. The predicted octanol–water partition coefficient (Wildman–Crippen LogP) is 8.04. The molecule has 14 heteroatoms. The van der Waals surface area contributed by atoms with Gasteiger partial charge >= 0.3 is 0 Å². The van der Waals surface area contributed by atoms with E-state index in [1.807, 2.05) is 48.2 Å². The number of ether oxygens (including phenoxy) is 4. The highest BCUT2D eigenvalue weighted by Crippen LogP contribution is 2.50. The van der Waals surface area contributed by atoms with Gasteiger partial charge in [0, 0.05) is 55.3 Å². The van der Waals surface area contributed by atoms with Crippen molar-refractivity contribution in [2.45, 2.75) is 114 Å². The molecule has 4 aromatic rings. The van der Waals surface area contributed by atoms with Gasteiger partial charge in [-0.2, -0.15) is 5.26 Å². The van der Waals surface area contributed by atoms with E-state index in [4.69, 9.17) is 23.9 Å². The molecule has 64 heavy (non-hydrogen) atoms. The van der Waals surface area contributed by atoms with E-state index in [1.54, 1.807) is 24.4 Å². The summed E-state index contributed by atoms with van der Waals surface area (Å²) >= 11 is 0. The van der Waals surface area contributed by atoms with Crippen LogP contribution in [0.15, 0.2) is 73.1 Å². The number of carbonyl (C=O) groups is 2. The van der Waals surface area contributed by atoms with Crippen LogP contribution in [0.3, 0.4) is 0 Å². The molecule has 2 aliphatic carbocycles. The first kappa shape index (κ1) is 42.4. The molecule has 10 rings (SSSR count). The third-order valence-corrected chi connectivity index (χ3v) is 14.5. The van der Waals surface area contributed by atoms with Gasteiger partial charge in [-0.05, 0) is 120 Å². The highest BCUT2D eigenvalue weighted by molar-refractivity contribution is 6.02. The topological polar surface area (TPSA) is 146 Å². The summed E-state index contributed by atoms with van der Waals surface area (Å²) < 4.78 is 25.0. The second kappa shape index (κ2) is 17.4. The van der Waals surface area contributed by atoms with Crippen molar-refractivity contribution in [1.82, 2.24) is 9.97 Å². The van der Waals surface area contributed by atoms with Crippen LogP contribution in [-0.2, 0) is 47.0 Å². The number of morpholine rings is 1. The zero-order valence-electron chi connectivity index (χ0n) is 37.1. The summed E-state index contributed by atoms with van der Waals surface area (Å²) in [5, 5.41) is 13.5. The molecular weight excluding hydrogens is 809 g/mol. The summed E-state index contributed by atoms with van der Waals surface area (Å²) in [6.45, 7) is 7.98. The zero-order valence-corrected chi connectivity index (χ0v) is 37.1. The third kappa shape index (κ3) is 8.08. The number of amides is 2. The van der Waals surface area contributed by atoms with Crippen LogP contribution in [0.25, 0.3) is 0 Å². The van der Waals surface area contributed by atoms with Crippen molar-refractivity contribution in [3.63, 3.8) is 0 Å². The maximum absolute atomic E-state index is 15.0. The first-order chi connectivity index (χ1) is 31.2. The fourth-order valence-corrected chi connectivity index (χ4v) is 10.3. The second-order valence-electron chi connectivity index (χ2n) is 18.6. The number of carbonyl (C=O) groups excluding carboxylic acids is 2. The van der Waals surface area contributed by atoms with Crippen LogP contribution in [0.4, 0.5) is 40.1 Å². The highest BCUT2D eigenvalue weighted by Gasteiger charge is 2.46. The average molecular weight is 867 g/mol. The van der Waals surface area contributed by atoms with Gasteiger partial charge in [-0.25, -0.2) is 9.97 Å². The Hall–Kier alpha value is -5.59. The van der Waals surface area contributed by atoms with Gasteiger partial charge in [0.05, 0.1) is 78.8 Å². The molecule has 0 spiro atoms. The van der Waals surface area contributed by atoms with E-state index in [-0.39, 0.29) is 36.0 Å². The molecule has 5 atom stereocenters. The van der Waals surface area contributed by atoms with Gasteiger partial charge in [0.1, 0.15) is 24.0 Å². The Morgan fingerprint density at radius 3 is 2.42 bits per heavy atom. The number of aromatic nitrogens is 2. The van der Waals surface area contributed by atoms with Crippen molar-refractivity contribution in [3.05, 3.63) is 89.7 Å². The van der Waals surface area contributed by atoms with Crippen LogP contribution < -0.4 is 24.9 Å². The van der Waals surface area contributed by atoms with Crippen molar-refractivity contribution in [1.29, 1.82) is 5.26 Å². The largest absolute Gasteiger partial charge is 0.379 e. The van der Waals surface area contributed by atoms with Crippen LogP contribution in [-0.4, -0.2) is 85.8 Å². The standard InChI is InChI=1S/C50H58N8O6/c1-33(64-39-12-15-44(63-31-39)48(60)56-29-35-8-5-21-52-45(35)54-40-13-10-37(27-42(40)56)50(32-51)19-20-50)58-41-14-11-38(55-23-25-62-26-24-55)28-43(41)57(30-36-9-6-22-53-46(36)58)47(59)34-7-4-17-49(2,61-3)18-16-34/h5-6,8-11,13-14,21-22,27-28,33-34,39,44H,4,7,12,15-20,23-26,29-31H2,1-3H3,(H,52,54)/t33?,34-,39+,44-,49-/m1/s1. The number of pyridine rings is 2. The number of rotatable bonds is 8. The molecule has 14 nitrogen and oxygen atoms in total. The molecule has 2 aromatic heterocycles. The molecule has 0 radical (unpaired) electrons. The Labute approximate surface area is 375 Å². The quantitative estimate of drug-likeness (QED) is 0.171. The number of nitrogens with one attached hydrogen (secondary N) is 1. The minimum atomic E-state index is -0.680. The molecule has 4 aliphatic heterocycles. The highest BCUT2D eigenvalue weighted by atomic mass is 16.6. The number of hydrogen-bond acceptors (Lipinski definition) is 12. The molecule has 1 unspecified atom stereocenters. The van der Waals surface area contributed by atoms with Crippen molar-refractivity contribution >= 4 is 51.9 Å². The van der Waals surface area contributed by atoms with Crippen LogP contribution in [0.1, 0.15) is 88.3 Å². The van der Waals surface area contributed by atoms with Gasteiger partial charge in [0.25, 0.3) is 5.91 Å². The monoisotopic (exact) mass is 866 g/mol. The molecule has 0 bridgehead atoms. The fourth-order valence-electron chi connectivity index (χ4n) is 10.3. The Morgan fingerprint density at radius 2 is 1.66 bits per heavy atom. The van der Waals surface area contributed by atoms with E-state index >= 15 is 0 Å². The first-order valence-electron chi connectivity index (χ1n) is 23.1. The molecule has 6 aliphatic rings. The van der Waals surface area contributed by atoms with E-state index in [0.29, 0.717) is 45.0 Å². The molecule has 2 saturated heterocycles. The van der Waals surface area contributed by atoms with Gasteiger partial charge in [-0.15, -0.1) is 0 Å². The number of nitrogens with zero attached hydrogens (tertiary/aromatic N) is 7. The van der Waals surface area contributed by atoms with Crippen molar-refractivity contribution in [2.75, 3.05) is 64.9 Å². The predicted molar refractivity (Wildman–Crippen MR) is 244 cm³/mol. The van der Waals surface area contributed by atoms with Gasteiger partial charge in [0.2, 0.25) is 5.91 Å². The minimum Gasteiger partial charge on any atom is -0.379 e. The number of hydrogen-bond donors (Lipinski definition) is 1. The normalized spacial score (nSPS) is 25.4. The Kier molecular flexibility index (Phi) is 11.5. The molecule has 2 amide bonds. The SMILES string of the molecule is CO[C@]1(C)CCC[C@@H](C(=O)N2Cc3cccnc3N(C(C)O[C@H]3CC[C@H](C(=O)N4Cc5cccnc5Nc5ccc(C6(C#N)CC6)cc54)OC3)c3ccc(N4CCOCC4)cc32)CC1. The van der Waals surface area contributed by atoms with E-state index in [0.717, 1.165) is 109 Å². The summed E-state index contributed by atoms with van der Waals surface area (Å²) in [4.78, 5) is 47.3. The molecule has 2 saturated carbocycles. The van der Waals surface area contributed by atoms with E-state index in [1.165, 1.54) is 0 Å². The summed E-state index contributed by atoms with van der Waals surface area (Å²) in [7, 11) is 1.78. The van der Waals surface area contributed by atoms with Gasteiger partial charge in [0.15, 0.2) is 0 Å². The van der Waals surface area contributed by atoms with E-state index in [2.05, 4.69) is 57.4 Å². The summed E-state index contributed by atoms with van der Waals surface area (Å²) in [5.41, 5.74) is 6.24. The van der Waals surface area contributed by atoms with Crippen LogP contribution >= 0.6 is 0 Å². The van der Waals surface area contributed by atoms with Crippen molar-refractivity contribution < 1.29 is 28.5 Å².